The standard InChI is InChI=1S/C59H107NO18/c1-3-5-7-9-11-13-15-17-19-21-23-25-27-29-31-33-35-37-47(65)60-42(43(64)36-34-32-30-28-26-24-22-20-18-16-14-12-10-8-6-4-2)41-73-57-53(71)50(68)55(45(39-62)75-57)78-59-54(72)51(69)56(46(40-63)76-59)77-58-52(70)49(67)48(66)44(38-61)74-58/h5,7,11,13,17,19,42-46,48-59,61-64,66-72H,3-4,6,8-10,12,14-16,18,20-41H2,1-2H3,(H,60,65)/b7-5-,13-11-,19-17-. The van der Waals surface area contributed by atoms with Crippen molar-refractivity contribution in [3.63, 3.8) is 0 Å². The van der Waals surface area contributed by atoms with Crippen LogP contribution >= 0.6 is 0 Å². The van der Waals surface area contributed by atoms with E-state index in [1.54, 1.807) is 0 Å². The van der Waals surface area contributed by atoms with Crippen molar-refractivity contribution in [2.45, 2.75) is 304 Å². The van der Waals surface area contributed by atoms with E-state index in [9.17, 15) is 61.0 Å². The maximum Gasteiger partial charge on any atom is 0.220 e. The van der Waals surface area contributed by atoms with Crippen molar-refractivity contribution in [2.75, 3.05) is 26.4 Å². The molecular formula is C59H107NO18. The number of nitrogens with one attached hydrogen (secondary N) is 1. The lowest BCUT2D eigenvalue weighted by Gasteiger charge is -2.48. The largest absolute Gasteiger partial charge is 0.394 e. The van der Waals surface area contributed by atoms with Crippen LogP contribution in [0.5, 0.6) is 0 Å². The van der Waals surface area contributed by atoms with Gasteiger partial charge >= 0.3 is 0 Å². The van der Waals surface area contributed by atoms with E-state index in [1.165, 1.54) is 77.0 Å². The number of hydrogen-bond donors (Lipinski definition) is 12. The van der Waals surface area contributed by atoms with E-state index in [0.29, 0.717) is 12.8 Å². The lowest BCUT2D eigenvalue weighted by atomic mass is 9.96. The Morgan fingerprint density at radius 3 is 1.38 bits per heavy atom. The van der Waals surface area contributed by atoms with Crippen LogP contribution in [0.2, 0.25) is 0 Å². The molecule has 3 heterocycles. The number of unbranched alkanes of at least 4 members (excludes halogenated alkanes) is 22. The van der Waals surface area contributed by atoms with Crippen molar-refractivity contribution in [2.24, 2.45) is 0 Å². The van der Waals surface area contributed by atoms with Crippen molar-refractivity contribution in [1.29, 1.82) is 0 Å². The summed E-state index contributed by atoms with van der Waals surface area (Å²) in [4.78, 5) is 13.3. The number of ether oxygens (including phenoxy) is 6. The monoisotopic (exact) mass is 1120 g/mol. The highest BCUT2D eigenvalue weighted by atomic mass is 16.8. The molecule has 19 nitrogen and oxygen atoms in total. The molecule has 0 aromatic carbocycles. The lowest BCUT2D eigenvalue weighted by Crippen LogP contribution is -2.66. The average Bonchev–Trinajstić information content (AvgIpc) is 3.45. The van der Waals surface area contributed by atoms with Crippen molar-refractivity contribution in [1.82, 2.24) is 5.32 Å². The molecule has 3 saturated heterocycles. The van der Waals surface area contributed by atoms with Crippen molar-refractivity contribution in [3.8, 4) is 0 Å². The Hall–Kier alpha value is -1.99. The molecule has 78 heavy (non-hydrogen) atoms. The van der Waals surface area contributed by atoms with E-state index in [0.717, 1.165) is 89.9 Å². The molecule has 12 N–H and O–H groups in total. The average molecular weight is 1120 g/mol. The van der Waals surface area contributed by atoms with Gasteiger partial charge in [0.25, 0.3) is 0 Å². The summed E-state index contributed by atoms with van der Waals surface area (Å²) < 4.78 is 34.3. The zero-order valence-corrected chi connectivity index (χ0v) is 47.4. The molecule has 1 amide bonds. The fourth-order valence-electron chi connectivity index (χ4n) is 10.3. The molecule has 0 radical (unpaired) electrons. The summed E-state index contributed by atoms with van der Waals surface area (Å²) >= 11 is 0. The predicted molar refractivity (Wildman–Crippen MR) is 296 cm³/mol. The number of amides is 1. The molecule has 17 atom stereocenters. The Kier molecular flexibility index (Phi) is 38.5. The molecule has 0 bridgehead atoms. The molecule has 19 heteroatoms. The third kappa shape index (κ3) is 26.5. The Morgan fingerprint density at radius 1 is 0.474 bits per heavy atom. The van der Waals surface area contributed by atoms with Gasteiger partial charge in [0.05, 0.1) is 38.6 Å². The highest BCUT2D eigenvalue weighted by Gasteiger charge is 2.53. The van der Waals surface area contributed by atoms with Crippen LogP contribution in [-0.2, 0) is 33.2 Å². The predicted octanol–water partition coefficient (Wildman–Crippen LogP) is 5.32. The van der Waals surface area contributed by atoms with Crippen LogP contribution in [0.4, 0.5) is 0 Å². The number of carbonyl (C=O) groups is 1. The van der Waals surface area contributed by atoms with Crippen molar-refractivity contribution < 1.29 is 89.4 Å². The minimum absolute atomic E-state index is 0.254. The third-order valence-electron chi connectivity index (χ3n) is 15.2. The van der Waals surface area contributed by atoms with Crippen LogP contribution < -0.4 is 5.32 Å². The van der Waals surface area contributed by atoms with E-state index >= 15 is 0 Å². The fourth-order valence-corrected chi connectivity index (χ4v) is 10.3. The summed E-state index contributed by atoms with van der Waals surface area (Å²) in [6.45, 7) is 1.67. The molecule has 0 aromatic heterocycles. The van der Waals surface area contributed by atoms with Gasteiger partial charge in [-0.3, -0.25) is 4.79 Å². The molecule has 3 aliphatic rings. The van der Waals surface area contributed by atoms with Crippen LogP contribution in [0.25, 0.3) is 0 Å². The Bertz CT molecular complexity index is 1570. The molecular weight excluding hydrogens is 1010 g/mol. The fraction of sp³-hybridized carbons (Fsp3) is 0.881. The van der Waals surface area contributed by atoms with Crippen molar-refractivity contribution >= 4 is 5.91 Å². The quantitative estimate of drug-likeness (QED) is 0.0271. The molecule has 0 aromatic rings. The second kappa shape index (κ2) is 42.8. The summed E-state index contributed by atoms with van der Waals surface area (Å²) in [5.41, 5.74) is 0. The summed E-state index contributed by atoms with van der Waals surface area (Å²) in [5.74, 6) is -0.254. The van der Waals surface area contributed by atoms with Gasteiger partial charge in [-0.1, -0.05) is 185 Å². The second-order valence-electron chi connectivity index (χ2n) is 21.8. The molecule has 0 saturated carbocycles. The summed E-state index contributed by atoms with van der Waals surface area (Å²) in [5, 5.41) is 120. The third-order valence-corrected chi connectivity index (χ3v) is 15.2. The smallest absolute Gasteiger partial charge is 0.220 e. The lowest BCUT2D eigenvalue weighted by molar-refractivity contribution is -0.379. The summed E-state index contributed by atoms with van der Waals surface area (Å²) in [6, 6.07) is -0.891. The van der Waals surface area contributed by atoms with Crippen molar-refractivity contribution in [3.05, 3.63) is 36.5 Å². The highest BCUT2D eigenvalue weighted by molar-refractivity contribution is 5.76. The van der Waals surface area contributed by atoms with Crippen LogP contribution in [0, 0.1) is 0 Å². The Labute approximate surface area is 466 Å². The Balaban J connectivity index is 1.50. The first-order chi connectivity index (χ1) is 37.8. The molecule has 3 rings (SSSR count). The van der Waals surface area contributed by atoms with Crippen LogP contribution in [0.15, 0.2) is 36.5 Å². The number of hydrogen-bond acceptors (Lipinski definition) is 18. The number of carbonyl (C=O) groups excluding carboxylic acids is 1. The van der Waals surface area contributed by atoms with Crippen LogP contribution in [0.3, 0.4) is 0 Å². The molecule has 0 spiro atoms. The summed E-state index contributed by atoms with van der Waals surface area (Å²) in [6.07, 6.45) is 17.9. The van der Waals surface area contributed by atoms with E-state index in [-0.39, 0.29) is 18.9 Å². The zero-order valence-electron chi connectivity index (χ0n) is 47.4. The first kappa shape index (κ1) is 70.3. The van der Waals surface area contributed by atoms with Gasteiger partial charge in [-0.25, -0.2) is 0 Å². The van der Waals surface area contributed by atoms with E-state index in [1.807, 2.05) is 0 Å². The molecule has 3 fully saturated rings. The molecule has 3 aliphatic heterocycles. The number of rotatable bonds is 44. The summed E-state index contributed by atoms with van der Waals surface area (Å²) in [7, 11) is 0. The zero-order chi connectivity index (χ0) is 56.9. The molecule has 17 unspecified atom stereocenters. The van der Waals surface area contributed by atoms with Gasteiger partial charge < -0.3 is 89.9 Å². The van der Waals surface area contributed by atoms with Gasteiger partial charge in [-0.15, -0.1) is 0 Å². The van der Waals surface area contributed by atoms with Gasteiger partial charge in [0.1, 0.15) is 73.2 Å². The minimum Gasteiger partial charge on any atom is -0.394 e. The topological polar surface area (TPSA) is 307 Å². The van der Waals surface area contributed by atoms with Gasteiger partial charge in [-0.2, -0.15) is 0 Å². The van der Waals surface area contributed by atoms with E-state index in [2.05, 4.69) is 55.6 Å². The second-order valence-corrected chi connectivity index (χ2v) is 21.8. The SMILES string of the molecule is CC/C=C\C/C=C\C/C=C\CCCCCCCCCC(=O)NC(COC1OC(CO)C(OC2OC(CO)C(OC3OC(CO)C(O)C(O)C3O)C(O)C2O)C(O)C1O)C(O)CCCCCCCCCCCCCCCCCC. The Morgan fingerprint density at radius 2 is 0.885 bits per heavy atom. The highest BCUT2D eigenvalue weighted by Crippen LogP contribution is 2.33. The van der Waals surface area contributed by atoms with Crippen LogP contribution in [0.1, 0.15) is 200 Å². The first-order valence-electron chi connectivity index (χ1n) is 30.2. The molecule has 0 aliphatic carbocycles. The maximum absolute atomic E-state index is 13.3. The van der Waals surface area contributed by atoms with Gasteiger partial charge in [0.2, 0.25) is 5.91 Å². The number of aliphatic hydroxyl groups is 11. The van der Waals surface area contributed by atoms with Gasteiger partial charge in [0.15, 0.2) is 18.9 Å². The van der Waals surface area contributed by atoms with Crippen LogP contribution in [-0.4, -0.2) is 193 Å². The van der Waals surface area contributed by atoms with Gasteiger partial charge in [0, 0.05) is 6.42 Å². The number of aliphatic hydroxyl groups excluding tert-OH is 11. The normalized spacial score (nSPS) is 30.7. The first-order valence-corrected chi connectivity index (χ1v) is 30.2. The van der Waals surface area contributed by atoms with E-state index in [4.69, 9.17) is 28.4 Å². The van der Waals surface area contributed by atoms with Gasteiger partial charge in [-0.05, 0) is 44.9 Å². The maximum atomic E-state index is 13.3. The molecule has 456 valence electrons. The minimum atomic E-state index is -1.97. The van der Waals surface area contributed by atoms with E-state index < -0.39 is 124 Å². The number of allylic oxidation sites excluding steroid dienone is 6.